The Morgan fingerprint density at radius 1 is 1.21 bits per heavy atom. The van der Waals surface area contributed by atoms with Crippen LogP contribution >= 0.6 is 0 Å². The number of aliphatic hydroxyl groups is 1. The van der Waals surface area contributed by atoms with Gasteiger partial charge in [-0.2, -0.15) is 0 Å². The Balaban J connectivity index is 2.24. The van der Waals surface area contributed by atoms with E-state index in [-0.39, 0.29) is 6.04 Å². The molecule has 19 heavy (non-hydrogen) atoms. The van der Waals surface area contributed by atoms with Crippen LogP contribution in [0.15, 0.2) is 30.3 Å². The van der Waals surface area contributed by atoms with Crippen LogP contribution in [-0.4, -0.2) is 30.3 Å². The standard InChI is InChI=1S/C16H28N2O/c1-16(2,3)9-10-18-12-15(19)14(17)11-13-7-5-4-6-8-13/h4-8,14-15,18-19H,9-12,17H2,1-3H3/t14-,15+/m0/s1. The average Bonchev–Trinajstić information content (AvgIpc) is 2.34. The maximum absolute atomic E-state index is 10.0. The van der Waals surface area contributed by atoms with Crippen LogP contribution in [0.3, 0.4) is 0 Å². The van der Waals surface area contributed by atoms with Crippen molar-refractivity contribution in [2.24, 2.45) is 11.1 Å². The summed E-state index contributed by atoms with van der Waals surface area (Å²) in [4.78, 5) is 0. The van der Waals surface area contributed by atoms with Crippen molar-refractivity contribution in [2.75, 3.05) is 13.1 Å². The van der Waals surface area contributed by atoms with Gasteiger partial charge in [0.25, 0.3) is 0 Å². The van der Waals surface area contributed by atoms with Crippen molar-refractivity contribution in [3.63, 3.8) is 0 Å². The summed E-state index contributed by atoms with van der Waals surface area (Å²) in [6.45, 7) is 8.12. The van der Waals surface area contributed by atoms with Gasteiger partial charge in [0.05, 0.1) is 6.10 Å². The number of hydrogen-bond donors (Lipinski definition) is 3. The lowest BCUT2D eigenvalue weighted by atomic mass is 9.92. The maximum atomic E-state index is 10.0. The van der Waals surface area contributed by atoms with Crippen molar-refractivity contribution in [1.29, 1.82) is 0 Å². The number of rotatable bonds is 7. The zero-order valence-electron chi connectivity index (χ0n) is 12.4. The van der Waals surface area contributed by atoms with E-state index in [1.165, 1.54) is 5.56 Å². The van der Waals surface area contributed by atoms with Gasteiger partial charge in [-0.3, -0.25) is 0 Å². The number of hydrogen-bond acceptors (Lipinski definition) is 3. The summed E-state index contributed by atoms with van der Waals surface area (Å²) in [5, 5.41) is 13.3. The normalized spacial score (nSPS) is 15.2. The van der Waals surface area contributed by atoms with Crippen LogP contribution in [0.5, 0.6) is 0 Å². The molecule has 0 fully saturated rings. The van der Waals surface area contributed by atoms with E-state index in [0.717, 1.165) is 13.0 Å². The van der Waals surface area contributed by atoms with Gasteiger partial charge in [-0.1, -0.05) is 51.1 Å². The largest absolute Gasteiger partial charge is 0.390 e. The molecule has 3 nitrogen and oxygen atoms in total. The lowest BCUT2D eigenvalue weighted by Crippen LogP contribution is -2.43. The predicted octanol–water partition coefficient (Wildman–Crippen LogP) is 1.94. The number of benzene rings is 1. The van der Waals surface area contributed by atoms with Crippen LogP contribution in [0.1, 0.15) is 32.8 Å². The van der Waals surface area contributed by atoms with Gasteiger partial charge in [-0.05, 0) is 30.4 Å². The van der Waals surface area contributed by atoms with E-state index in [1.54, 1.807) is 0 Å². The lowest BCUT2D eigenvalue weighted by molar-refractivity contribution is 0.140. The predicted molar refractivity (Wildman–Crippen MR) is 81.1 cm³/mol. The first-order valence-electron chi connectivity index (χ1n) is 7.07. The van der Waals surface area contributed by atoms with Crippen LogP contribution in [0, 0.1) is 5.41 Å². The third kappa shape index (κ3) is 7.31. The molecule has 0 aliphatic carbocycles. The second-order valence-corrected chi connectivity index (χ2v) is 6.44. The fourth-order valence-corrected chi connectivity index (χ4v) is 1.89. The maximum Gasteiger partial charge on any atom is 0.0818 e. The summed E-state index contributed by atoms with van der Waals surface area (Å²) >= 11 is 0. The fraction of sp³-hybridized carbons (Fsp3) is 0.625. The topological polar surface area (TPSA) is 58.3 Å². The molecule has 0 aliphatic rings. The Hall–Kier alpha value is -0.900. The van der Waals surface area contributed by atoms with E-state index in [1.807, 2.05) is 30.3 Å². The van der Waals surface area contributed by atoms with E-state index in [4.69, 9.17) is 5.73 Å². The van der Waals surface area contributed by atoms with E-state index in [9.17, 15) is 5.11 Å². The first kappa shape index (κ1) is 16.2. The van der Waals surface area contributed by atoms with Gasteiger partial charge in [0.2, 0.25) is 0 Å². The second kappa shape index (κ2) is 7.63. The van der Waals surface area contributed by atoms with Gasteiger partial charge in [-0.25, -0.2) is 0 Å². The zero-order chi connectivity index (χ0) is 14.3. The molecular weight excluding hydrogens is 236 g/mol. The van der Waals surface area contributed by atoms with Gasteiger partial charge in [0.1, 0.15) is 0 Å². The molecule has 0 spiro atoms. The molecular formula is C16H28N2O. The van der Waals surface area contributed by atoms with Gasteiger partial charge in [0.15, 0.2) is 0 Å². The van der Waals surface area contributed by atoms with Gasteiger partial charge < -0.3 is 16.2 Å². The highest BCUT2D eigenvalue weighted by Crippen LogP contribution is 2.16. The summed E-state index contributed by atoms with van der Waals surface area (Å²) in [6, 6.07) is 9.84. The molecule has 0 saturated carbocycles. The molecule has 3 heteroatoms. The molecule has 1 rings (SSSR count). The van der Waals surface area contributed by atoms with Gasteiger partial charge in [-0.15, -0.1) is 0 Å². The molecule has 0 saturated heterocycles. The van der Waals surface area contributed by atoms with Gasteiger partial charge >= 0.3 is 0 Å². The number of nitrogens with one attached hydrogen (secondary N) is 1. The van der Waals surface area contributed by atoms with Gasteiger partial charge in [0, 0.05) is 12.6 Å². The Morgan fingerprint density at radius 3 is 2.42 bits per heavy atom. The van der Waals surface area contributed by atoms with E-state index in [2.05, 4.69) is 26.1 Å². The smallest absolute Gasteiger partial charge is 0.0818 e. The molecule has 1 aromatic carbocycles. The minimum Gasteiger partial charge on any atom is -0.390 e. The van der Waals surface area contributed by atoms with E-state index < -0.39 is 6.10 Å². The van der Waals surface area contributed by atoms with E-state index in [0.29, 0.717) is 18.4 Å². The molecule has 4 N–H and O–H groups in total. The molecule has 0 aromatic heterocycles. The summed E-state index contributed by atoms with van der Waals surface area (Å²) in [5.74, 6) is 0. The first-order chi connectivity index (χ1) is 8.88. The molecule has 108 valence electrons. The molecule has 1 aromatic rings. The Labute approximate surface area is 117 Å². The highest BCUT2D eigenvalue weighted by Gasteiger charge is 2.15. The van der Waals surface area contributed by atoms with Crippen molar-refractivity contribution in [1.82, 2.24) is 5.32 Å². The highest BCUT2D eigenvalue weighted by molar-refractivity contribution is 5.16. The Morgan fingerprint density at radius 2 is 1.84 bits per heavy atom. The number of nitrogens with two attached hydrogens (primary N) is 1. The minimum atomic E-state index is -0.500. The van der Waals surface area contributed by atoms with Crippen LogP contribution in [0.4, 0.5) is 0 Å². The molecule has 0 bridgehead atoms. The minimum absolute atomic E-state index is 0.218. The van der Waals surface area contributed by atoms with Crippen molar-refractivity contribution in [3.05, 3.63) is 35.9 Å². The molecule has 0 unspecified atom stereocenters. The number of aliphatic hydroxyl groups excluding tert-OH is 1. The third-order valence-corrected chi connectivity index (χ3v) is 3.21. The zero-order valence-corrected chi connectivity index (χ0v) is 12.4. The van der Waals surface area contributed by atoms with Crippen LogP contribution in [0.25, 0.3) is 0 Å². The quantitative estimate of drug-likeness (QED) is 0.660. The van der Waals surface area contributed by atoms with Crippen molar-refractivity contribution >= 4 is 0 Å². The monoisotopic (exact) mass is 264 g/mol. The van der Waals surface area contributed by atoms with Crippen molar-refractivity contribution < 1.29 is 5.11 Å². The first-order valence-corrected chi connectivity index (χ1v) is 7.07. The lowest BCUT2D eigenvalue weighted by Gasteiger charge is -2.22. The van der Waals surface area contributed by atoms with Crippen molar-refractivity contribution in [2.45, 2.75) is 45.8 Å². The summed E-state index contributed by atoms with van der Waals surface area (Å²) in [5.41, 5.74) is 7.52. The SMILES string of the molecule is CC(C)(C)CCNC[C@@H](O)[C@@H](N)Cc1ccccc1. The average molecular weight is 264 g/mol. The van der Waals surface area contributed by atoms with Crippen LogP contribution < -0.4 is 11.1 Å². The third-order valence-electron chi connectivity index (χ3n) is 3.21. The molecule has 0 aliphatic heterocycles. The molecule has 0 radical (unpaired) electrons. The summed E-state index contributed by atoms with van der Waals surface area (Å²) in [6.07, 6.45) is 1.30. The molecule has 0 heterocycles. The molecule has 0 amide bonds. The van der Waals surface area contributed by atoms with Crippen LogP contribution in [-0.2, 0) is 6.42 Å². The highest BCUT2D eigenvalue weighted by atomic mass is 16.3. The fourth-order valence-electron chi connectivity index (χ4n) is 1.89. The van der Waals surface area contributed by atoms with Crippen molar-refractivity contribution in [3.8, 4) is 0 Å². The Bertz CT molecular complexity index is 346. The van der Waals surface area contributed by atoms with E-state index >= 15 is 0 Å². The summed E-state index contributed by atoms with van der Waals surface area (Å²) in [7, 11) is 0. The molecule has 2 atom stereocenters. The summed E-state index contributed by atoms with van der Waals surface area (Å²) < 4.78 is 0. The van der Waals surface area contributed by atoms with Crippen LogP contribution in [0.2, 0.25) is 0 Å². The second-order valence-electron chi connectivity index (χ2n) is 6.44. The Kier molecular flexibility index (Phi) is 6.49.